The van der Waals surface area contributed by atoms with Gasteiger partial charge in [0.2, 0.25) is 10.0 Å². The molecule has 0 heterocycles. The quantitative estimate of drug-likeness (QED) is 0.667. The third-order valence-corrected chi connectivity index (χ3v) is 5.51. The summed E-state index contributed by atoms with van der Waals surface area (Å²) in [5.74, 6) is 0.0309. The van der Waals surface area contributed by atoms with E-state index < -0.39 is 22.2 Å². The summed E-state index contributed by atoms with van der Waals surface area (Å²) in [5, 5.41) is 10.5. The van der Waals surface area contributed by atoms with E-state index in [1.807, 2.05) is 27.7 Å². The minimum atomic E-state index is -3.64. The summed E-state index contributed by atoms with van der Waals surface area (Å²) < 4.78 is 27.4. The zero-order valence-corrected chi connectivity index (χ0v) is 16.0. The molecular formula is C16H26BrNO3S. The van der Waals surface area contributed by atoms with Crippen LogP contribution in [-0.4, -0.2) is 30.0 Å². The maximum atomic E-state index is 12.5. The average Bonchev–Trinajstić information content (AvgIpc) is 2.43. The lowest BCUT2D eigenvalue weighted by Gasteiger charge is -2.32. The number of hydrogen-bond acceptors (Lipinski definition) is 3. The van der Waals surface area contributed by atoms with Crippen LogP contribution in [0.15, 0.2) is 35.2 Å². The molecule has 0 aliphatic rings. The molecule has 3 atom stereocenters. The lowest BCUT2D eigenvalue weighted by atomic mass is 9.90. The van der Waals surface area contributed by atoms with Gasteiger partial charge in [0.25, 0.3) is 0 Å². The van der Waals surface area contributed by atoms with Crippen LogP contribution in [0.5, 0.6) is 0 Å². The lowest BCUT2D eigenvalue weighted by molar-refractivity contribution is 0.0962. The summed E-state index contributed by atoms with van der Waals surface area (Å²) in [5.41, 5.74) is 0. The Labute approximate surface area is 142 Å². The summed E-state index contributed by atoms with van der Waals surface area (Å²) in [4.78, 5) is 0.216. The Bertz CT molecular complexity index is 555. The first-order valence-corrected chi connectivity index (χ1v) is 9.79. The van der Waals surface area contributed by atoms with E-state index in [0.29, 0.717) is 6.42 Å². The van der Waals surface area contributed by atoms with Crippen molar-refractivity contribution in [3.05, 3.63) is 30.3 Å². The molecular weight excluding hydrogens is 366 g/mol. The van der Waals surface area contributed by atoms with E-state index in [9.17, 15) is 13.5 Å². The Balaban J connectivity index is 2.99. The molecule has 0 aliphatic carbocycles. The van der Waals surface area contributed by atoms with Gasteiger partial charge < -0.3 is 5.11 Å². The fourth-order valence-electron chi connectivity index (χ4n) is 2.30. The predicted molar refractivity (Wildman–Crippen MR) is 93.6 cm³/mol. The smallest absolute Gasteiger partial charge is 0.240 e. The summed E-state index contributed by atoms with van der Waals surface area (Å²) in [6.45, 7) is 7.84. The minimum absolute atomic E-state index is 0.0309. The molecule has 1 aromatic carbocycles. The molecule has 0 unspecified atom stereocenters. The van der Waals surface area contributed by atoms with Crippen molar-refractivity contribution >= 4 is 26.0 Å². The van der Waals surface area contributed by atoms with E-state index in [1.54, 1.807) is 30.3 Å². The highest BCUT2D eigenvalue weighted by molar-refractivity contribution is 9.10. The van der Waals surface area contributed by atoms with Gasteiger partial charge in [-0.25, -0.2) is 13.1 Å². The fourth-order valence-corrected chi connectivity index (χ4v) is 4.03. The lowest BCUT2D eigenvalue weighted by Crippen LogP contribution is -2.48. The molecule has 0 saturated heterocycles. The number of halogens is 1. The van der Waals surface area contributed by atoms with Crippen molar-refractivity contribution in [2.45, 2.75) is 61.9 Å². The summed E-state index contributed by atoms with van der Waals surface area (Å²) in [6, 6.07) is 7.73. The van der Waals surface area contributed by atoms with Gasteiger partial charge in [0.1, 0.15) is 0 Å². The summed E-state index contributed by atoms with van der Waals surface area (Å²) >= 11 is 3.51. The number of hydrogen-bond donors (Lipinski definition) is 2. The zero-order chi connectivity index (χ0) is 17.0. The molecule has 0 bridgehead atoms. The zero-order valence-electron chi connectivity index (χ0n) is 13.6. The van der Waals surface area contributed by atoms with Crippen molar-refractivity contribution in [2.24, 2.45) is 5.92 Å². The highest BCUT2D eigenvalue weighted by Crippen LogP contribution is 2.26. The number of nitrogens with one attached hydrogen (secondary N) is 1. The molecule has 0 fully saturated rings. The van der Waals surface area contributed by atoms with Gasteiger partial charge in [-0.15, -0.1) is 0 Å². The average molecular weight is 392 g/mol. The van der Waals surface area contributed by atoms with Crippen LogP contribution in [0, 0.1) is 5.92 Å². The molecule has 0 aromatic heterocycles. The molecule has 0 saturated carbocycles. The molecule has 6 heteroatoms. The van der Waals surface area contributed by atoms with E-state index in [1.165, 1.54) is 0 Å². The molecule has 0 spiro atoms. The molecule has 1 rings (SSSR count). The van der Waals surface area contributed by atoms with Gasteiger partial charge in [-0.2, -0.15) is 0 Å². The SMILES string of the molecule is CC[C@H](C)[C@H](NS(=O)(=O)c1ccccc1)[C@@H](O)CC(C)(C)Br. The molecule has 2 N–H and O–H groups in total. The van der Waals surface area contributed by atoms with Crippen molar-refractivity contribution in [2.75, 3.05) is 0 Å². The van der Waals surface area contributed by atoms with Crippen LogP contribution in [0.1, 0.15) is 40.5 Å². The van der Waals surface area contributed by atoms with Crippen LogP contribution in [0.25, 0.3) is 0 Å². The number of aliphatic hydroxyl groups excluding tert-OH is 1. The Morgan fingerprint density at radius 3 is 2.27 bits per heavy atom. The molecule has 0 amide bonds. The third kappa shape index (κ3) is 5.99. The van der Waals surface area contributed by atoms with Crippen LogP contribution in [0.2, 0.25) is 0 Å². The number of benzene rings is 1. The van der Waals surface area contributed by atoms with Gasteiger partial charge in [-0.05, 0) is 38.3 Å². The minimum Gasteiger partial charge on any atom is -0.391 e. The highest BCUT2D eigenvalue weighted by atomic mass is 79.9. The molecule has 0 radical (unpaired) electrons. The molecule has 4 nitrogen and oxygen atoms in total. The Morgan fingerprint density at radius 1 is 1.27 bits per heavy atom. The van der Waals surface area contributed by atoms with Gasteiger partial charge >= 0.3 is 0 Å². The van der Waals surface area contributed by atoms with E-state index in [4.69, 9.17) is 0 Å². The second-order valence-corrected chi connectivity index (χ2v) is 10.2. The van der Waals surface area contributed by atoms with Crippen LogP contribution < -0.4 is 4.72 Å². The maximum Gasteiger partial charge on any atom is 0.240 e. The van der Waals surface area contributed by atoms with Crippen molar-refractivity contribution in [1.29, 1.82) is 0 Å². The maximum absolute atomic E-state index is 12.5. The number of rotatable bonds is 8. The summed E-state index contributed by atoms with van der Waals surface area (Å²) in [6.07, 6.45) is 0.476. The standard InChI is InChI=1S/C16H26BrNO3S/c1-5-12(2)15(14(19)11-16(3,4)17)18-22(20,21)13-9-7-6-8-10-13/h6-10,12,14-15,18-19H,5,11H2,1-4H3/t12-,14-,15-/m0/s1. The summed E-state index contributed by atoms with van der Waals surface area (Å²) in [7, 11) is -3.64. The van der Waals surface area contributed by atoms with Crippen molar-refractivity contribution in [3.63, 3.8) is 0 Å². The van der Waals surface area contributed by atoms with E-state index >= 15 is 0 Å². The van der Waals surface area contributed by atoms with Crippen molar-refractivity contribution in [3.8, 4) is 0 Å². The fraction of sp³-hybridized carbons (Fsp3) is 0.625. The molecule has 0 aliphatic heterocycles. The Morgan fingerprint density at radius 2 is 1.82 bits per heavy atom. The number of sulfonamides is 1. The van der Waals surface area contributed by atoms with E-state index in [2.05, 4.69) is 20.7 Å². The largest absolute Gasteiger partial charge is 0.391 e. The van der Waals surface area contributed by atoms with Gasteiger partial charge in [-0.3, -0.25) is 0 Å². The van der Waals surface area contributed by atoms with Crippen molar-refractivity contribution < 1.29 is 13.5 Å². The van der Waals surface area contributed by atoms with Gasteiger partial charge in [0, 0.05) is 4.32 Å². The van der Waals surface area contributed by atoms with E-state index in [-0.39, 0.29) is 15.1 Å². The second kappa shape index (κ2) is 7.90. The number of aliphatic hydroxyl groups is 1. The second-order valence-electron chi connectivity index (χ2n) is 6.34. The van der Waals surface area contributed by atoms with Crippen LogP contribution in [0.3, 0.4) is 0 Å². The molecule has 126 valence electrons. The first-order valence-electron chi connectivity index (χ1n) is 7.51. The van der Waals surface area contributed by atoms with Crippen LogP contribution in [-0.2, 0) is 10.0 Å². The third-order valence-electron chi connectivity index (χ3n) is 3.71. The number of alkyl halides is 1. The first-order chi connectivity index (χ1) is 10.1. The molecule has 1 aromatic rings. The monoisotopic (exact) mass is 391 g/mol. The normalized spacial score (nSPS) is 17.0. The van der Waals surface area contributed by atoms with Crippen molar-refractivity contribution in [1.82, 2.24) is 4.72 Å². The Hall–Kier alpha value is -0.430. The van der Waals surface area contributed by atoms with Crippen LogP contribution in [0.4, 0.5) is 0 Å². The highest BCUT2D eigenvalue weighted by Gasteiger charge is 2.32. The topological polar surface area (TPSA) is 66.4 Å². The van der Waals surface area contributed by atoms with Gasteiger partial charge in [0.05, 0.1) is 17.0 Å². The van der Waals surface area contributed by atoms with Gasteiger partial charge in [0.15, 0.2) is 0 Å². The Kier molecular flexibility index (Phi) is 7.05. The first kappa shape index (κ1) is 19.6. The van der Waals surface area contributed by atoms with Crippen LogP contribution >= 0.6 is 15.9 Å². The van der Waals surface area contributed by atoms with Gasteiger partial charge in [-0.1, -0.05) is 54.4 Å². The van der Waals surface area contributed by atoms with E-state index in [0.717, 1.165) is 6.42 Å². The molecule has 22 heavy (non-hydrogen) atoms. The predicted octanol–water partition coefficient (Wildman–Crippen LogP) is 3.30.